The van der Waals surface area contributed by atoms with Gasteiger partial charge in [0.15, 0.2) is 5.82 Å². The Morgan fingerprint density at radius 3 is 2.88 bits per heavy atom. The number of rotatable bonds is 4. The molecule has 124 valence electrons. The Morgan fingerprint density at radius 1 is 1.33 bits per heavy atom. The van der Waals surface area contributed by atoms with Crippen LogP contribution in [-0.4, -0.2) is 28.6 Å². The standard InChI is InChI=1S/C16H15N3O4S/c1-9-6-14(19-23-9)18-16(22)15(21)17-7-12(20)11-8-24-13-5-3-2-4-10(11)13/h2-6,8,12,20H,7H2,1H3,(H,17,21)(H,18,19,22)/t12-/m1/s1. The van der Waals surface area contributed by atoms with Crippen molar-refractivity contribution in [3.8, 4) is 0 Å². The molecule has 0 radical (unpaired) electrons. The average molecular weight is 345 g/mol. The molecule has 0 saturated carbocycles. The fourth-order valence-corrected chi connectivity index (χ4v) is 3.24. The van der Waals surface area contributed by atoms with Gasteiger partial charge >= 0.3 is 11.8 Å². The van der Waals surface area contributed by atoms with Crippen molar-refractivity contribution < 1.29 is 19.2 Å². The lowest BCUT2D eigenvalue weighted by Crippen LogP contribution is -2.37. The van der Waals surface area contributed by atoms with E-state index in [1.165, 1.54) is 17.4 Å². The molecule has 0 spiro atoms. The Kier molecular flexibility index (Phi) is 4.59. The Bertz CT molecular complexity index is 886. The molecule has 1 aromatic carbocycles. The van der Waals surface area contributed by atoms with Crippen molar-refractivity contribution >= 4 is 39.1 Å². The third kappa shape index (κ3) is 3.44. The largest absolute Gasteiger partial charge is 0.387 e. The first-order valence-electron chi connectivity index (χ1n) is 7.21. The SMILES string of the molecule is Cc1cc(NC(=O)C(=O)NC[C@@H](O)c2csc3ccccc23)no1. The van der Waals surface area contributed by atoms with Gasteiger partial charge in [-0.2, -0.15) is 0 Å². The van der Waals surface area contributed by atoms with E-state index in [-0.39, 0.29) is 12.4 Å². The number of hydrogen-bond donors (Lipinski definition) is 3. The second kappa shape index (κ2) is 6.81. The van der Waals surface area contributed by atoms with Crippen molar-refractivity contribution in [2.75, 3.05) is 11.9 Å². The second-order valence-corrected chi connectivity index (χ2v) is 6.10. The summed E-state index contributed by atoms with van der Waals surface area (Å²) in [5.41, 5.74) is 0.725. The zero-order chi connectivity index (χ0) is 17.1. The van der Waals surface area contributed by atoms with Crippen LogP contribution >= 0.6 is 11.3 Å². The van der Waals surface area contributed by atoms with Gasteiger partial charge in [-0.3, -0.25) is 14.9 Å². The number of nitrogens with one attached hydrogen (secondary N) is 2. The van der Waals surface area contributed by atoms with E-state index in [9.17, 15) is 14.7 Å². The van der Waals surface area contributed by atoms with Crippen molar-refractivity contribution in [3.05, 3.63) is 47.0 Å². The van der Waals surface area contributed by atoms with Crippen LogP contribution in [0.15, 0.2) is 40.2 Å². The van der Waals surface area contributed by atoms with Crippen molar-refractivity contribution in [2.24, 2.45) is 0 Å². The van der Waals surface area contributed by atoms with Gasteiger partial charge in [0.25, 0.3) is 0 Å². The van der Waals surface area contributed by atoms with Crippen LogP contribution in [0, 0.1) is 6.92 Å². The molecule has 0 aliphatic rings. The smallest absolute Gasteiger partial charge is 0.314 e. The molecule has 3 aromatic rings. The number of amides is 2. The van der Waals surface area contributed by atoms with Gasteiger partial charge in [0.2, 0.25) is 0 Å². The summed E-state index contributed by atoms with van der Waals surface area (Å²) in [6, 6.07) is 9.18. The van der Waals surface area contributed by atoms with E-state index < -0.39 is 17.9 Å². The normalized spacial score (nSPS) is 12.1. The van der Waals surface area contributed by atoms with Gasteiger partial charge in [0, 0.05) is 22.9 Å². The first kappa shape index (κ1) is 16.2. The number of hydrogen-bond acceptors (Lipinski definition) is 6. The molecule has 3 rings (SSSR count). The summed E-state index contributed by atoms with van der Waals surface area (Å²) >= 11 is 1.52. The van der Waals surface area contributed by atoms with E-state index in [0.717, 1.165) is 15.6 Å². The van der Waals surface area contributed by atoms with Crippen molar-refractivity contribution in [2.45, 2.75) is 13.0 Å². The Hall–Kier alpha value is -2.71. The predicted octanol–water partition coefficient (Wildman–Crippen LogP) is 1.99. The molecule has 2 heterocycles. The van der Waals surface area contributed by atoms with E-state index in [1.807, 2.05) is 29.6 Å². The zero-order valence-corrected chi connectivity index (χ0v) is 13.6. The molecule has 7 nitrogen and oxygen atoms in total. The van der Waals surface area contributed by atoms with Crippen LogP contribution in [0.1, 0.15) is 17.4 Å². The van der Waals surface area contributed by atoms with Crippen LogP contribution < -0.4 is 10.6 Å². The van der Waals surface area contributed by atoms with Crippen LogP contribution in [0.4, 0.5) is 5.82 Å². The number of carbonyl (C=O) groups is 2. The molecule has 0 fully saturated rings. The summed E-state index contributed by atoms with van der Waals surface area (Å²) in [4.78, 5) is 23.6. The third-order valence-corrected chi connectivity index (χ3v) is 4.38. The molecule has 1 atom stereocenters. The van der Waals surface area contributed by atoms with Gasteiger partial charge in [-0.1, -0.05) is 23.4 Å². The molecule has 0 aliphatic heterocycles. The van der Waals surface area contributed by atoms with Crippen molar-refractivity contribution in [1.82, 2.24) is 10.5 Å². The topological polar surface area (TPSA) is 104 Å². The van der Waals surface area contributed by atoms with E-state index in [2.05, 4.69) is 15.8 Å². The average Bonchev–Trinajstić information content (AvgIpc) is 3.18. The highest BCUT2D eigenvalue weighted by Gasteiger charge is 2.18. The summed E-state index contributed by atoms with van der Waals surface area (Å²) in [6.45, 7) is 1.61. The number of aliphatic hydroxyl groups is 1. The summed E-state index contributed by atoms with van der Waals surface area (Å²) in [5, 5.41) is 21.3. The molecule has 3 N–H and O–H groups in total. The zero-order valence-electron chi connectivity index (χ0n) is 12.8. The highest BCUT2D eigenvalue weighted by Crippen LogP contribution is 2.29. The lowest BCUT2D eigenvalue weighted by molar-refractivity contribution is -0.136. The number of nitrogens with zero attached hydrogens (tertiary/aromatic N) is 1. The Balaban J connectivity index is 1.58. The number of carbonyl (C=O) groups excluding carboxylic acids is 2. The van der Waals surface area contributed by atoms with Gasteiger partial charge < -0.3 is 14.9 Å². The highest BCUT2D eigenvalue weighted by molar-refractivity contribution is 7.17. The number of benzene rings is 1. The van der Waals surface area contributed by atoms with Gasteiger partial charge in [-0.15, -0.1) is 11.3 Å². The lowest BCUT2D eigenvalue weighted by Gasteiger charge is -2.11. The van der Waals surface area contributed by atoms with Crippen molar-refractivity contribution in [3.63, 3.8) is 0 Å². The fourth-order valence-electron chi connectivity index (χ4n) is 2.23. The van der Waals surface area contributed by atoms with Crippen LogP contribution in [0.25, 0.3) is 10.1 Å². The maximum absolute atomic E-state index is 11.8. The monoisotopic (exact) mass is 345 g/mol. The highest BCUT2D eigenvalue weighted by atomic mass is 32.1. The van der Waals surface area contributed by atoms with Crippen molar-refractivity contribution in [1.29, 1.82) is 0 Å². The molecule has 24 heavy (non-hydrogen) atoms. The molecule has 2 amide bonds. The van der Waals surface area contributed by atoms with Gasteiger partial charge in [0.05, 0.1) is 6.10 Å². The molecule has 8 heteroatoms. The summed E-state index contributed by atoms with van der Waals surface area (Å²) in [7, 11) is 0. The van der Waals surface area contributed by atoms with Crippen LogP contribution in [0.3, 0.4) is 0 Å². The van der Waals surface area contributed by atoms with Crippen LogP contribution in [0.5, 0.6) is 0 Å². The second-order valence-electron chi connectivity index (χ2n) is 5.19. The number of aryl methyl sites for hydroxylation is 1. The molecular weight excluding hydrogens is 330 g/mol. The summed E-state index contributed by atoms with van der Waals surface area (Å²) < 4.78 is 5.85. The maximum Gasteiger partial charge on any atom is 0.314 e. The minimum atomic E-state index is -0.896. The fraction of sp³-hybridized carbons (Fsp3) is 0.188. The third-order valence-electron chi connectivity index (χ3n) is 3.40. The van der Waals surface area contributed by atoms with E-state index >= 15 is 0 Å². The first-order chi connectivity index (χ1) is 11.5. The molecule has 2 aromatic heterocycles. The first-order valence-corrected chi connectivity index (χ1v) is 8.09. The minimum absolute atomic E-state index is 0.0647. The van der Waals surface area contributed by atoms with Gasteiger partial charge in [-0.05, 0) is 23.8 Å². The molecule has 0 unspecified atom stereocenters. The van der Waals surface area contributed by atoms with Crippen LogP contribution in [0.2, 0.25) is 0 Å². The van der Waals surface area contributed by atoms with Gasteiger partial charge in [0.1, 0.15) is 5.76 Å². The number of fused-ring (bicyclic) bond motifs is 1. The molecule has 0 bridgehead atoms. The number of aliphatic hydroxyl groups excluding tert-OH is 1. The van der Waals surface area contributed by atoms with Gasteiger partial charge in [-0.25, -0.2) is 0 Å². The number of thiophene rings is 1. The minimum Gasteiger partial charge on any atom is -0.387 e. The molecule has 0 saturated heterocycles. The molecular formula is C16H15N3O4S. The predicted molar refractivity (Wildman–Crippen MR) is 89.7 cm³/mol. The van der Waals surface area contributed by atoms with E-state index in [4.69, 9.17) is 4.52 Å². The summed E-state index contributed by atoms with van der Waals surface area (Å²) in [6.07, 6.45) is -0.896. The van der Waals surface area contributed by atoms with E-state index in [0.29, 0.717) is 5.76 Å². The van der Waals surface area contributed by atoms with Crippen LogP contribution in [-0.2, 0) is 9.59 Å². The summed E-state index contributed by atoms with van der Waals surface area (Å²) in [5.74, 6) is -1.04. The lowest BCUT2D eigenvalue weighted by atomic mass is 10.1. The Labute approximate surface area is 141 Å². The number of aromatic nitrogens is 1. The Morgan fingerprint density at radius 2 is 2.12 bits per heavy atom. The maximum atomic E-state index is 11.8. The number of anilines is 1. The quantitative estimate of drug-likeness (QED) is 0.627. The van der Waals surface area contributed by atoms with E-state index in [1.54, 1.807) is 6.92 Å². The molecule has 0 aliphatic carbocycles.